The average molecular weight is 296 g/mol. The molecule has 112 valence electrons. The third kappa shape index (κ3) is 2.58. The lowest BCUT2D eigenvalue weighted by atomic mass is 10.0. The van der Waals surface area contributed by atoms with Crippen LogP contribution in [0.5, 0.6) is 0 Å². The minimum atomic E-state index is -0.717. The molecule has 0 spiro atoms. The first-order valence-corrected chi connectivity index (χ1v) is 7.03. The minimum Gasteiger partial charge on any atom is -0.390 e. The highest BCUT2D eigenvalue weighted by molar-refractivity contribution is 5.95. The molecule has 2 amide bonds. The highest BCUT2D eigenvalue weighted by Gasteiger charge is 2.32. The van der Waals surface area contributed by atoms with E-state index < -0.39 is 18.1 Å². The standard InChI is InChI=1S/C17H16N2O3/c18-16(21)12-7-6-11-9-14(20)15(13(11)8-12)19-17(22)10-4-2-1-3-5-10/h1-8,14-15,20H,9H2,(H2,18,21)(H,19,22). The summed E-state index contributed by atoms with van der Waals surface area (Å²) in [6, 6.07) is 13.3. The zero-order chi connectivity index (χ0) is 15.7. The summed E-state index contributed by atoms with van der Waals surface area (Å²) in [4.78, 5) is 23.6. The Morgan fingerprint density at radius 2 is 1.82 bits per heavy atom. The van der Waals surface area contributed by atoms with Crippen LogP contribution in [0.4, 0.5) is 0 Å². The Morgan fingerprint density at radius 1 is 1.09 bits per heavy atom. The van der Waals surface area contributed by atoms with Gasteiger partial charge >= 0.3 is 0 Å². The molecule has 4 N–H and O–H groups in total. The Hall–Kier alpha value is -2.66. The molecule has 22 heavy (non-hydrogen) atoms. The van der Waals surface area contributed by atoms with Crippen LogP contribution >= 0.6 is 0 Å². The monoisotopic (exact) mass is 296 g/mol. The highest BCUT2D eigenvalue weighted by atomic mass is 16.3. The quantitative estimate of drug-likeness (QED) is 0.794. The second-order valence-electron chi connectivity index (χ2n) is 5.37. The second-order valence-corrected chi connectivity index (χ2v) is 5.37. The van der Waals surface area contributed by atoms with Crippen molar-refractivity contribution in [1.82, 2.24) is 5.32 Å². The number of fused-ring (bicyclic) bond motifs is 1. The van der Waals surface area contributed by atoms with Crippen LogP contribution in [0, 0.1) is 0 Å². The Balaban J connectivity index is 1.88. The van der Waals surface area contributed by atoms with E-state index in [-0.39, 0.29) is 5.91 Å². The van der Waals surface area contributed by atoms with E-state index in [1.807, 2.05) is 6.07 Å². The Labute approximate surface area is 127 Å². The molecular weight excluding hydrogens is 280 g/mol. The maximum Gasteiger partial charge on any atom is 0.251 e. The van der Waals surface area contributed by atoms with Crippen LogP contribution in [-0.4, -0.2) is 23.0 Å². The lowest BCUT2D eigenvalue weighted by Gasteiger charge is -2.18. The molecule has 2 aromatic rings. The van der Waals surface area contributed by atoms with E-state index >= 15 is 0 Å². The number of aliphatic hydroxyl groups excluding tert-OH is 1. The molecule has 0 saturated carbocycles. The number of aliphatic hydroxyl groups is 1. The molecule has 5 nitrogen and oxygen atoms in total. The fraction of sp³-hybridized carbons (Fsp3) is 0.176. The van der Waals surface area contributed by atoms with Gasteiger partial charge in [-0.1, -0.05) is 24.3 Å². The van der Waals surface area contributed by atoms with Gasteiger partial charge in [-0.25, -0.2) is 0 Å². The van der Waals surface area contributed by atoms with E-state index in [9.17, 15) is 14.7 Å². The van der Waals surface area contributed by atoms with Crippen molar-refractivity contribution in [3.63, 3.8) is 0 Å². The smallest absolute Gasteiger partial charge is 0.251 e. The number of nitrogens with one attached hydrogen (secondary N) is 1. The number of carbonyl (C=O) groups excluding carboxylic acids is 2. The van der Waals surface area contributed by atoms with Crippen LogP contribution in [-0.2, 0) is 6.42 Å². The van der Waals surface area contributed by atoms with Crippen molar-refractivity contribution in [3.8, 4) is 0 Å². The van der Waals surface area contributed by atoms with Crippen molar-refractivity contribution in [2.24, 2.45) is 5.73 Å². The van der Waals surface area contributed by atoms with Gasteiger partial charge < -0.3 is 16.2 Å². The SMILES string of the molecule is NC(=O)c1ccc2c(c1)C(NC(=O)c1ccccc1)C(O)C2. The van der Waals surface area contributed by atoms with Crippen LogP contribution in [0.25, 0.3) is 0 Å². The predicted octanol–water partition coefficient (Wildman–Crippen LogP) is 1.17. The Morgan fingerprint density at radius 3 is 2.50 bits per heavy atom. The topological polar surface area (TPSA) is 92.4 Å². The van der Waals surface area contributed by atoms with Crippen LogP contribution in [0.1, 0.15) is 37.9 Å². The van der Waals surface area contributed by atoms with Crippen molar-refractivity contribution in [2.75, 3.05) is 0 Å². The maximum absolute atomic E-state index is 12.3. The first-order chi connectivity index (χ1) is 10.6. The van der Waals surface area contributed by atoms with Gasteiger partial charge in [0.1, 0.15) is 0 Å². The fourth-order valence-electron chi connectivity index (χ4n) is 2.76. The zero-order valence-corrected chi connectivity index (χ0v) is 11.8. The molecule has 0 aromatic heterocycles. The van der Waals surface area contributed by atoms with Crippen molar-refractivity contribution in [3.05, 3.63) is 70.8 Å². The van der Waals surface area contributed by atoms with Gasteiger partial charge in [-0.05, 0) is 35.4 Å². The van der Waals surface area contributed by atoms with Gasteiger partial charge in [0.25, 0.3) is 5.91 Å². The number of carbonyl (C=O) groups is 2. The molecule has 5 heteroatoms. The summed E-state index contributed by atoms with van der Waals surface area (Å²) in [5.74, 6) is -0.792. The molecule has 0 aliphatic heterocycles. The van der Waals surface area contributed by atoms with E-state index in [1.165, 1.54) is 0 Å². The first-order valence-electron chi connectivity index (χ1n) is 7.03. The van der Waals surface area contributed by atoms with Crippen LogP contribution < -0.4 is 11.1 Å². The summed E-state index contributed by atoms with van der Waals surface area (Å²) in [6.07, 6.45) is -0.278. The molecule has 2 atom stereocenters. The number of nitrogens with two attached hydrogens (primary N) is 1. The lowest BCUT2D eigenvalue weighted by Crippen LogP contribution is -2.33. The molecule has 0 heterocycles. The van der Waals surface area contributed by atoms with E-state index in [0.717, 1.165) is 11.1 Å². The van der Waals surface area contributed by atoms with Crippen molar-refractivity contribution < 1.29 is 14.7 Å². The molecule has 1 aliphatic rings. The van der Waals surface area contributed by atoms with Gasteiger partial charge in [-0.2, -0.15) is 0 Å². The molecule has 2 aromatic carbocycles. The van der Waals surface area contributed by atoms with E-state index in [2.05, 4.69) is 5.32 Å². The third-order valence-electron chi connectivity index (χ3n) is 3.90. The van der Waals surface area contributed by atoms with Crippen molar-refractivity contribution >= 4 is 11.8 Å². The average Bonchev–Trinajstić information content (AvgIpc) is 2.83. The number of rotatable bonds is 3. The Bertz CT molecular complexity index is 728. The molecule has 1 aliphatic carbocycles. The summed E-state index contributed by atoms with van der Waals surface area (Å²) in [5.41, 5.74) is 7.84. The third-order valence-corrected chi connectivity index (χ3v) is 3.90. The number of amides is 2. The first kappa shape index (κ1) is 14.3. The zero-order valence-electron chi connectivity index (χ0n) is 11.8. The number of hydrogen-bond acceptors (Lipinski definition) is 3. The molecule has 0 fully saturated rings. The molecule has 0 radical (unpaired) electrons. The van der Waals surface area contributed by atoms with E-state index in [0.29, 0.717) is 17.5 Å². The van der Waals surface area contributed by atoms with E-state index in [4.69, 9.17) is 5.73 Å². The van der Waals surface area contributed by atoms with Crippen LogP contribution in [0.2, 0.25) is 0 Å². The molecule has 2 unspecified atom stereocenters. The van der Waals surface area contributed by atoms with Gasteiger partial charge in [0.2, 0.25) is 5.91 Å². The minimum absolute atomic E-state index is 0.262. The van der Waals surface area contributed by atoms with E-state index in [1.54, 1.807) is 42.5 Å². The van der Waals surface area contributed by atoms with Gasteiger partial charge in [0, 0.05) is 17.5 Å². The molecule has 0 bridgehead atoms. The number of primary amides is 1. The summed E-state index contributed by atoms with van der Waals surface area (Å²) >= 11 is 0. The number of hydrogen-bond donors (Lipinski definition) is 3. The van der Waals surface area contributed by atoms with Gasteiger partial charge in [0.15, 0.2) is 0 Å². The fourth-order valence-corrected chi connectivity index (χ4v) is 2.76. The molecule has 3 rings (SSSR count). The van der Waals surface area contributed by atoms with Gasteiger partial charge in [0.05, 0.1) is 12.1 Å². The Kier molecular flexibility index (Phi) is 3.65. The highest BCUT2D eigenvalue weighted by Crippen LogP contribution is 2.32. The summed E-state index contributed by atoms with van der Waals surface area (Å²) in [7, 11) is 0. The predicted molar refractivity (Wildman–Crippen MR) is 81.3 cm³/mol. The van der Waals surface area contributed by atoms with Crippen LogP contribution in [0.15, 0.2) is 48.5 Å². The lowest BCUT2D eigenvalue weighted by molar-refractivity contribution is 0.0858. The summed E-state index contributed by atoms with van der Waals surface area (Å²) in [5, 5.41) is 13.0. The van der Waals surface area contributed by atoms with Crippen LogP contribution in [0.3, 0.4) is 0 Å². The second kappa shape index (κ2) is 5.61. The summed E-state index contributed by atoms with van der Waals surface area (Å²) in [6.45, 7) is 0. The molecular formula is C17H16N2O3. The molecule has 0 saturated heterocycles. The summed E-state index contributed by atoms with van der Waals surface area (Å²) < 4.78 is 0. The van der Waals surface area contributed by atoms with Crippen molar-refractivity contribution in [2.45, 2.75) is 18.6 Å². The van der Waals surface area contributed by atoms with Crippen molar-refractivity contribution in [1.29, 1.82) is 0 Å². The van der Waals surface area contributed by atoms with Gasteiger partial charge in [-0.15, -0.1) is 0 Å². The van der Waals surface area contributed by atoms with Gasteiger partial charge in [-0.3, -0.25) is 9.59 Å². The largest absolute Gasteiger partial charge is 0.390 e. The number of benzene rings is 2. The maximum atomic E-state index is 12.3. The normalized spacial score (nSPS) is 19.5.